The highest BCUT2D eigenvalue weighted by molar-refractivity contribution is 7.88. The Hall–Kier alpha value is -0.960. The standard InChI is InChI=1S/C12H18N2O4S2/c1-19(15,16)13-7-9-14(10-8-13)20(17,18)11-12-5-3-2-4-6-12/h2-6H,7-11H2,1H3. The Morgan fingerprint density at radius 3 is 1.90 bits per heavy atom. The summed E-state index contributed by atoms with van der Waals surface area (Å²) in [6, 6.07) is 8.97. The fourth-order valence-corrected chi connectivity index (χ4v) is 4.50. The van der Waals surface area contributed by atoms with Gasteiger partial charge in [0.1, 0.15) is 0 Å². The number of hydrogen-bond donors (Lipinski definition) is 0. The van der Waals surface area contributed by atoms with Crippen LogP contribution in [0.25, 0.3) is 0 Å². The van der Waals surface area contributed by atoms with Crippen LogP contribution in [-0.2, 0) is 25.8 Å². The third kappa shape index (κ3) is 3.78. The van der Waals surface area contributed by atoms with E-state index in [0.717, 1.165) is 11.8 Å². The second kappa shape index (κ2) is 5.80. The molecule has 1 aliphatic heterocycles. The van der Waals surface area contributed by atoms with Gasteiger partial charge in [-0.15, -0.1) is 0 Å². The molecule has 1 heterocycles. The first kappa shape index (κ1) is 15.4. The van der Waals surface area contributed by atoms with Gasteiger partial charge >= 0.3 is 0 Å². The minimum absolute atomic E-state index is 0.0489. The van der Waals surface area contributed by atoms with E-state index in [1.807, 2.05) is 6.07 Å². The van der Waals surface area contributed by atoms with Crippen molar-refractivity contribution in [3.63, 3.8) is 0 Å². The second-order valence-electron chi connectivity index (χ2n) is 4.80. The summed E-state index contributed by atoms with van der Waals surface area (Å²) in [5.74, 6) is -0.0489. The lowest BCUT2D eigenvalue weighted by Gasteiger charge is -2.32. The smallest absolute Gasteiger partial charge is 0.213 e. The molecular weight excluding hydrogens is 300 g/mol. The van der Waals surface area contributed by atoms with Gasteiger partial charge < -0.3 is 0 Å². The normalized spacial score (nSPS) is 19.1. The fraction of sp³-hybridized carbons (Fsp3) is 0.500. The molecule has 6 nitrogen and oxygen atoms in total. The summed E-state index contributed by atoms with van der Waals surface area (Å²) in [4.78, 5) is 0. The van der Waals surface area contributed by atoms with Crippen LogP contribution in [0.2, 0.25) is 0 Å². The van der Waals surface area contributed by atoms with Crippen molar-refractivity contribution in [2.45, 2.75) is 5.75 Å². The van der Waals surface area contributed by atoms with Gasteiger partial charge in [-0.25, -0.2) is 16.8 Å². The van der Waals surface area contributed by atoms with E-state index in [1.54, 1.807) is 24.3 Å². The minimum atomic E-state index is -3.39. The quantitative estimate of drug-likeness (QED) is 0.789. The van der Waals surface area contributed by atoms with E-state index in [0.29, 0.717) is 0 Å². The van der Waals surface area contributed by atoms with Gasteiger partial charge in [-0.2, -0.15) is 8.61 Å². The van der Waals surface area contributed by atoms with Gasteiger partial charge in [0.25, 0.3) is 0 Å². The summed E-state index contributed by atoms with van der Waals surface area (Å²) in [5, 5.41) is 0. The molecule has 1 aromatic rings. The molecule has 0 spiro atoms. The summed E-state index contributed by atoms with van der Waals surface area (Å²) in [5.41, 5.74) is 0.734. The molecular formula is C12H18N2O4S2. The van der Waals surface area contributed by atoms with Gasteiger partial charge in [-0.05, 0) is 5.56 Å². The van der Waals surface area contributed by atoms with Crippen LogP contribution >= 0.6 is 0 Å². The first-order valence-corrected chi connectivity index (χ1v) is 9.72. The van der Waals surface area contributed by atoms with E-state index in [-0.39, 0.29) is 31.9 Å². The number of piperazine rings is 1. The van der Waals surface area contributed by atoms with Crippen molar-refractivity contribution < 1.29 is 16.8 Å². The Labute approximate surface area is 120 Å². The Morgan fingerprint density at radius 1 is 0.900 bits per heavy atom. The SMILES string of the molecule is CS(=O)(=O)N1CCN(S(=O)(=O)Cc2ccccc2)CC1. The lowest BCUT2D eigenvalue weighted by atomic mass is 10.2. The van der Waals surface area contributed by atoms with Gasteiger partial charge in [0.2, 0.25) is 20.0 Å². The molecule has 8 heteroatoms. The van der Waals surface area contributed by atoms with Gasteiger partial charge in [0, 0.05) is 26.2 Å². The van der Waals surface area contributed by atoms with E-state index < -0.39 is 20.0 Å². The molecule has 0 aliphatic carbocycles. The van der Waals surface area contributed by atoms with E-state index >= 15 is 0 Å². The summed E-state index contributed by atoms with van der Waals surface area (Å²) < 4.78 is 50.0. The zero-order chi connectivity index (χ0) is 14.8. The van der Waals surface area contributed by atoms with Crippen molar-refractivity contribution in [2.24, 2.45) is 0 Å². The summed E-state index contributed by atoms with van der Waals surface area (Å²) in [7, 11) is -6.64. The largest absolute Gasteiger partial charge is 0.218 e. The molecule has 2 rings (SSSR count). The van der Waals surface area contributed by atoms with Crippen molar-refractivity contribution >= 4 is 20.0 Å². The van der Waals surface area contributed by atoms with E-state index in [9.17, 15) is 16.8 Å². The van der Waals surface area contributed by atoms with Crippen molar-refractivity contribution in [3.05, 3.63) is 35.9 Å². The average Bonchev–Trinajstić information content (AvgIpc) is 2.38. The van der Waals surface area contributed by atoms with Crippen LogP contribution in [0.5, 0.6) is 0 Å². The van der Waals surface area contributed by atoms with E-state index in [4.69, 9.17) is 0 Å². The molecule has 0 aromatic heterocycles. The van der Waals surface area contributed by atoms with Crippen LogP contribution in [0.3, 0.4) is 0 Å². The van der Waals surface area contributed by atoms with Crippen molar-refractivity contribution in [3.8, 4) is 0 Å². The third-order valence-electron chi connectivity index (χ3n) is 3.25. The monoisotopic (exact) mass is 318 g/mol. The summed E-state index contributed by atoms with van der Waals surface area (Å²) >= 11 is 0. The predicted molar refractivity (Wildman–Crippen MR) is 77.1 cm³/mol. The van der Waals surface area contributed by atoms with Crippen molar-refractivity contribution in [2.75, 3.05) is 32.4 Å². The average molecular weight is 318 g/mol. The maximum Gasteiger partial charge on any atom is 0.218 e. The fourth-order valence-electron chi connectivity index (χ4n) is 2.16. The van der Waals surface area contributed by atoms with Gasteiger partial charge in [0.15, 0.2) is 0 Å². The zero-order valence-electron chi connectivity index (χ0n) is 11.3. The predicted octanol–water partition coefficient (Wildman–Crippen LogP) is 0.0936. The molecule has 0 saturated carbocycles. The van der Waals surface area contributed by atoms with Crippen LogP contribution in [-0.4, -0.2) is 57.9 Å². The Bertz CT molecular complexity index is 648. The maximum absolute atomic E-state index is 12.3. The van der Waals surface area contributed by atoms with Gasteiger partial charge in [0.05, 0.1) is 12.0 Å². The first-order chi connectivity index (χ1) is 9.29. The van der Waals surface area contributed by atoms with E-state index in [1.165, 1.54) is 8.61 Å². The van der Waals surface area contributed by atoms with Gasteiger partial charge in [-0.1, -0.05) is 30.3 Å². The molecule has 20 heavy (non-hydrogen) atoms. The highest BCUT2D eigenvalue weighted by atomic mass is 32.2. The van der Waals surface area contributed by atoms with Gasteiger partial charge in [-0.3, -0.25) is 0 Å². The zero-order valence-corrected chi connectivity index (χ0v) is 12.9. The van der Waals surface area contributed by atoms with Crippen LogP contribution in [0.1, 0.15) is 5.56 Å². The molecule has 1 fully saturated rings. The number of nitrogens with zero attached hydrogens (tertiary/aromatic N) is 2. The van der Waals surface area contributed by atoms with Crippen LogP contribution in [0, 0.1) is 0 Å². The molecule has 0 atom stereocenters. The molecule has 0 radical (unpaired) electrons. The third-order valence-corrected chi connectivity index (χ3v) is 6.41. The Kier molecular flexibility index (Phi) is 4.48. The maximum atomic E-state index is 12.3. The molecule has 1 aliphatic rings. The molecule has 1 saturated heterocycles. The topological polar surface area (TPSA) is 74.8 Å². The molecule has 0 amide bonds. The highest BCUT2D eigenvalue weighted by Gasteiger charge is 2.30. The molecule has 112 valence electrons. The summed E-state index contributed by atoms with van der Waals surface area (Å²) in [6.07, 6.45) is 1.14. The second-order valence-corrected chi connectivity index (χ2v) is 8.75. The van der Waals surface area contributed by atoms with Crippen molar-refractivity contribution in [1.82, 2.24) is 8.61 Å². The lowest BCUT2D eigenvalue weighted by Crippen LogP contribution is -2.50. The minimum Gasteiger partial charge on any atom is -0.213 e. The Morgan fingerprint density at radius 2 is 1.40 bits per heavy atom. The lowest BCUT2D eigenvalue weighted by molar-refractivity contribution is 0.274. The molecule has 0 unspecified atom stereocenters. The first-order valence-electron chi connectivity index (χ1n) is 6.26. The number of hydrogen-bond acceptors (Lipinski definition) is 4. The number of sulfonamides is 2. The molecule has 0 bridgehead atoms. The summed E-state index contributed by atoms with van der Waals surface area (Å²) in [6.45, 7) is 0.851. The highest BCUT2D eigenvalue weighted by Crippen LogP contribution is 2.14. The van der Waals surface area contributed by atoms with Crippen LogP contribution in [0.4, 0.5) is 0 Å². The Balaban J connectivity index is 2.03. The van der Waals surface area contributed by atoms with Crippen molar-refractivity contribution in [1.29, 1.82) is 0 Å². The molecule has 1 aromatic carbocycles. The van der Waals surface area contributed by atoms with E-state index in [2.05, 4.69) is 0 Å². The number of rotatable bonds is 4. The number of benzene rings is 1. The molecule has 0 N–H and O–H groups in total. The van der Waals surface area contributed by atoms with Crippen LogP contribution < -0.4 is 0 Å². The van der Waals surface area contributed by atoms with Crippen LogP contribution in [0.15, 0.2) is 30.3 Å².